The van der Waals surface area contributed by atoms with Gasteiger partial charge in [0, 0.05) is 10.1 Å². The summed E-state index contributed by atoms with van der Waals surface area (Å²) in [5.74, 6) is -0.389. The van der Waals surface area contributed by atoms with Gasteiger partial charge in [0.15, 0.2) is 0 Å². The third kappa shape index (κ3) is 4.11. The molecule has 0 saturated heterocycles. The first-order chi connectivity index (χ1) is 8.41. The fraction of sp³-hybridized carbons (Fsp3) is 0.357. The number of ether oxygens (including phenoxy) is 1. The molecule has 0 N–H and O–H groups in total. The highest BCUT2D eigenvalue weighted by Gasteiger charge is 2.11. The Morgan fingerprint density at radius 3 is 2.33 bits per heavy atom. The third-order valence-electron chi connectivity index (χ3n) is 2.20. The zero-order chi connectivity index (χ0) is 13.7. The molecule has 98 valence electrons. The van der Waals surface area contributed by atoms with Crippen LogP contribution in [0.25, 0.3) is 0 Å². The summed E-state index contributed by atoms with van der Waals surface area (Å²) in [7, 11) is -1.03. The maximum Gasteiger partial charge on any atom is 0.338 e. The van der Waals surface area contributed by atoms with Crippen molar-refractivity contribution in [1.29, 1.82) is 0 Å². The largest absolute Gasteiger partial charge is 0.458 e. The quantitative estimate of drug-likeness (QED) is 0.608. The number of hydrogen-bond acceptors (Lipinski definition) is 3. The molecule has 0 aliphatic rings. The van der Waals surface area contributed by atoms with E-state index in [1.807, 2.05) is 13.8 Å². The highest BCUT2D eigenvalue weighted by Crippen LogP contribution is 2.13. The van der Waals surface area contributed by atoms with E-state index in [1.165, 1.54) is 0 Å². The Labute approximate surface area is 110 Å². The lowest BCUT2D eigenvalue weighted by Gasteiger charge is -2.07. The van der Waals surface area contributed by atoms with Crippen LogP contribution >= 0.6 is 0 Å². The van der Waals surface area contributed by atoms with Gasteiger partial charge in [0.1, 0.15) is 6.61 Å². The Morgan fingerprint density at radius 2 is 1.89 bits per heavy atom. The SMILES string of the molecule is C=C(C)COC(=O)c1ccc([S@](=O)C(C)C)cc1. The molecule has 0 fully saturated rings. The van der Waals surface area contributed by atoms with Gasteiger partial charge in [-0.1, -0.05) is 20.4 Å². The number of rotatable bonds is 5. The second-order valence-electron chi connectivity index (χ2n) is 4.40. The van der Waals surface area contributed by atoms with Crippen molar-refractivity contribution >= 4 is 16.8 Å². The van der Waals surface area contributed by atoms with E-state index < -0.39 is 10.8 Å². The van der Waals surface area contributed by atoms with Crippen LogP contribution in [0.5, 0.6) is 0 Å². The topological polar surface area (TPSA) is 43.4 Å². The molecule has 3 nitrogen and oxygen atoms in total. The summed E-state index contributed by atoms with van der Waals surface area (Å²) >= 11 is 0. The Kier molecular flexibility index (Phi) is 5.28. The molecule has 0 saturated carbocycles. The molecule has 4 heteroatoms. The standard InChI is InChI=1S/C14H18O3S/c1-10(2)9-17-14(15)12-5-7-13(8-6-12)18(16)11(3)4/h5-8,11H,1,9H2,2-4H3/t18-/m1/s1. The molecule has 18 heavy (non-hydrogen) atoms. The predicted molar refractivity (Wildman–Crippen MR) is 73.1 cm³/mol. The zero-order valence-electron chi connectivity index (χ0n) is 10.9. The minimum atomic E-state index is -1.03. The lowest BCUT2D eigenvalue weighted by molar-refractivity contribution is 0.0540. The average molecular weight is 266 g/mol. The van der Waals surface area contributed by atoms with E-state index in [4.69, 9.17) is 4.74 Å². The van der Waals surface area contributed by atoms with Crippen LogP contribution in [0.2, 0.25) is 0 Å². The fourth-order valence-electron chi connectivity index (χ4n) is 1.27. The van der Waals surface area contributed by atoms with Crippen molar-refractivity contribution < 1.29 is 13.7 Å². The van der Waals surface area contributed by atoms with Crippen molar-refractivity contribution in [2.24, 2.45) is 0 Å². The van der Waals surface area contributed by atoms with E-state index in [9.17, 15) is 9.00 Å². The van der Waals surface area contributed by atoms with Gasteiger partial charge in [0.2, 0.25) is 0 Å². The molecule has 0 unspecified atom stereocenters. The van der Waals surface area contributed by atoms with Crippen LogP contribution in [0.1, 0.15) is 31.1 Å². The highest BCUT2D eigenvalue weighted by molar-refractivity contribution is 7.85. The molecule has 0 aliphatic heterocycles. The first-order valence-corrected chi connectivity index (χ1v) is 6.95. The van der Waals surface area contributed by atoms with E-state index >= 15 is 0 Å². The monoisotopic (exact) mass is 266 g/mol. The Hall–Kier alpha value is -1.42. The first kappa shape index (κ1) is 14.6. The van der Waals surface area contributed by atoms with Crippen LogP contribution in [0.15, 0.2) is 41.3 Å². The Morgan fingerprint density at radius 1 is 1.33 bits per heavy atom. The summed E-state index contributed by atoms with van der Waals surface area (Å²) in [6, 6.07) is 6.67. The third-order valence-corrected chi connectivity index (χ3v) is 3.79. The number of carbonyl (C=O) groups is 1. The van der Waals surface area contributed by atoms with Gasteiger partial charge in [-0.05, 0) is 36.8 Å². The van der Waals surface area contributed by atoms with Gasteiger partial charge in [-0.3, -0.25) is 4.21 Å². The maximum absolute atomic E-state index is 11.8. The summed E-state index contributed by atoms with van der Waals surface area (Å²) in [4.78, 5) is 12.3. The smallest absolute Gasteiger partial charge is 0.338 e. The van der Waals surface area contributed by atoms with E-state index in [1.54, 1.807) is 31.2 Å². The fourth-order valence-corrected chi connectivity index (χ4v) is 2.22. The lowest BCUT2D eigenvalue weighted by atomic mass is 10.2. The van der Waals surface area contributed by atoms with Crippen LogP contribution in [-0.4, -0.2) is 22.0 Å². The highest BCUT2D eigenvalue weighted by atomic mass is 32.2. The molecule has 0 aromatic heterocycles. The van der Waals surface area contributed by atoms with Crippen molar-refractivity contribution in [3.8, 4) is 0 Å². The molecular weight excluding hydrogens is 248 g/mol. The van der Waals surface area contributed by atoms with E-state index in [2.05, 4.69) is 6.58 Å². The Balaban J connectivity index is 2.73. The maximum atomic E-state index is 11.8. The molecule has 1 rings (SSSR count). The normalized spacial score (nSPS) is 12.2. The summed E-state index contributed by atoms with van der Waals surface area (Å²) in [5.41, 5.74) is 1.25. The summed E-state index contributed by atoms with van der Waals surface area (Å²) in [6.45, 7) is 9.46. The molecule has 0 spiro atoms. The molecule has 1 aromatic carbocycles. The van der Waals surface area contributed by atoms with Gasteiger partial charge in [0.25, 0.3) is 0 Å². The van der Waals surface area contributed by atoms with Crippen molar-refractivity contribution in [1.82, 2.24) is 0 Å². The van der Waals surface area contributed by atoms with Crippen molar-refractivity contribution in [3.05, 3.63) is 42.0 Å². The van der Waals surface area contributed by atoms with Gasteiger partial charge in [-0.2, -0.15) is 0 Å². The minimum absolute atomic E-state index is 0.0613. The molecule has 0 heterocycles. The Bertz CT molecular complexity index is 460. The van der Waals surface area contributed by atoms with E-state index in [0.717, 1.165) is 10.5 Å². The van der Waals surface area contributed by atoms with Crippen LogP contribution < -0.4 is 0 Å². The number of benzene rings is 1. The molecule has 0 aliphatic carbocycles. The zero-order valence-corrected chi connectivity index (χ0v) is 11.8. The molecule has 0 radical (unpaired) electrons. The predicted octanol–water partition coefficient (Wildman–Crippen LogP) is 2.94. The minimum Gasteiger partial charge on any atom is -0.458 e. The van der Waals surface area contributed by atoms with Crippen LogP contribution in [0.3, 0.4) is 0 Å². The average Bonchev–Trinajstić information content (AvgIpc) is 2.35. The van der Waals surface area contributed by atoms with Crippen LogP contribution in [0, 0.1) is 0 Å². The van der Waals surface area contributed by atoms with Crippen molar-refractivity contribution in [2.75, 3.05) is 6.61 Å². The van der Waals surface area contributed by atoms with Crippen molar-refractivity contribution in [2.45, 2.75) is 30.9 Å². The summed E-state index contributed by atoms with van der Waals surface area (Å²) in [5, 5.41) is 0.0613. The van der Waals surface area contributed by atoms with Gasteiger partial charge in [0.05, 0.1) is 16.4 Å². The van der Waals surface area contributed by atoms with Gasteiger partial charge in [-0.25, -0.2) is 4.79 Å². The van der Waals surface area contributed by atoms with E-state index in [-0.39, 0.29) is 17.8 Å². The van der Waals surface area contributed by atoms with Crippen LogP contribution in [0.4, 0.5) is 0 Å². The molecule has 1 atom stereocenters. The molecule has 1 aromatic rings. The lowest BCUT2D eigenvalue weighted by Crippen LogP contribution is -2.08. The second kappa shape index (κ2) is 6.50. The molecular formula is C14H18O3S. The van der Waals surface area contributed by atoms with Gasteiger partial charge < -0.3 is 4.74 Å². The van der Waals surface area contributed by atoms with Crippen molar-refractivity contribution in [3.63, 3.8) is 0 Å². The van der Waals surface area contributed by atoms with Crippen LogP contribution in [-0.2, 0) is 15.5 Å². The summed E-state index contributed by atoms with van der Waals surface area (Å²) < 4.78 is 16.8. The number of carbonyl (C=O) groups excluding carboxylic acids is 1. The van der Waals surface area contributed by atoms with Gasteiger partial charge >= 0.3 is 5.97 Å². The molecule has 0 bridgehead atoms. The molecule has 0 amide bonds. The van der Waals surface area contributed by atoms with E-state index in [0.29, 0.717) is 5.56 Å². The second-order valence-corrected chi connectivity index (χ2v) is 6.41. The van der Waals surface area contributed by atoms with Gasteiger partial charge in [-0.15, -0.1) is 0 Å². The first-order valence-electron chi connectivity index (χ1n) is 5.74. The summed E-state index contributed by atoms with van der Waals surface area (Å²) in [6.07, 6.45) is 0. The number of hydrogen-bond donors (Lipinski definition) is 0. The number of esters is 1.